The number of aliphatic hydroxyl groups is 1. The van der Waals surface area contributed by atoms with E-state index in [1.54, 1.807) is 0 Å². The lowest BCUT2D eigenvalue weighted by atomic mass is 10.1. The Morgan fingerprint density at radius 3 is 1.27 bits per heavy atom. The van der Waals surface area contributed by atoms with Gasteiger partial charge in [0.05, 0.1) is 13.2 Å². The maximum Gasteiger partial charge on any atom is 0.306 e. The Morgan fingerprint density at radius 2 is 0.824 bits per heavy atom. The molecule has 0 aliphatic rings. The van der Waals surface area contributed by atoms with Gasteiger partial charge < -0.3 is 14.6 Å². The zero-order chi connectivity index (χ0) is 37.0. The molecule has 0 saturated carbocycles. The second-order valence-electron chi connectivity index (χ2n) is 14.4. The number of carbonyl (C=O) groups excluding carboxylic acids is 1. The van der Waals surface area contributed by atoms with Crippen molar-refractivity contribution in [2.24, 2.45) is 0 Å². The Bertz CT molecular complexity index is 839. The maximum absolute atomic E-state index is 12.2. The summed E-state index contributed by atoms with van der Waals surface area (Å²) in [6, 6.07) is 0. The summed E-state index contributed by atoms with van der Waals surface area (Å²) in [7, 11) is 0. The smallest absolute Gasteiger partial charge is 0.306 e. The Morgan fingerprint density at radius 1 is 0.471 bits per heavy atom. The van der Waals surface area contributed by atoms with Gasteiger partial charge in [-0.25, -0.2) is 0 Å². The van der Waals surface area contributed by atoms with Gasteiger partial charge in [0, 0.05) is 13.0 Å². The Kier molecular flexibility index (Phi) is 42.6. The van der Waals surface area contributed by atoms with E-state index in [9.17, 15) is 9.90 Å². The van der Waals surface area contributed by atoms with Crippen molar-refractivity contribution in [1.29, 1.82) is 0 Å². The first-order valence-electron chi connectivity index (χ1n) is 21.9. The molecule has 0 bridgehead atoms. The van der Waals surface area contributed by atoms with Crippen molar-refractivity contribution < 1.29 is 19.4 Å². The SMILES string of the molecule is CCCCC/C=C\C/C=C\CCCCCCCC(=O)OC(CO)COCCCCCCCCCCC/C=C\C/C=C\C/C=C\CCCCCCC. The molecule has 0 aromatic heterocycles. The van der Waals surface area contributed by atoms with E-state index in [2.05, 4.69) is 74.6 Å². The van der Waals surface area contributed by atoms with Crippen molar-refractivity contribution in [3.8, 4) is 0 Å². The van der Waals surface area contributed by atoms with Crippen LogP contribution in [0.3, 0.4) is 0 Å². The first-order chi connectivity index (χ1) is 25.2. The van der Waals surface area contributed by atoms with Gasteiger partial charge in [-0.3, -0.25) is 4.79 Å². The molecule has 0 radical (unpaired) electrons. The third-order valence-corrected chi connectivity index (χ3v) is 9.32. The average molecular weight is 713 g/mol. The van der Waals surface area contributed by atoms with Gasteiger partial charge in [-0.15, -0.1) is 0 Å². The van der Waals surface area contributed by atoms with Gasteiger partial charge in [-0.1, -0.05) is 177 Å². The van der Waals surface area contributed by atoms with Crippen molar-refractivity contribution in [3.63, 3.8) is 0 Å². The van der Waals surface area contributed by atoms with Gasteiger partial charge in [0.15, 0.2) is 0 Å². The minimum absolute atomic E-state index is 0.182. The number of esters is 1. The summed E-state index contributed by atoms with van der Waals surface area (Å²) in [6.45, 7) is 5.28. The fourth-order valence-corrected chi connectivity index (χ4v) is 6.01. The van der Waals surface area contributed by atoms with E-state index in [4.69, 9.17) is 9.47 Å². The molecule has 1 unspecified atom stereocenters. The van der Waals surface area contributed by atoms with Crippen LogP contribution in [-0.2, 0) is 14.3 Å². The van der Waals surface area contributed by atoms with Crippen LogP contribution < -0.4 is 0 Å². The molecule has 0 rings (SSSR count). The number of hydrogen-bond donors (Lipinski definition) is 1. The fourth-order valence-electron chi connectivity index (χ4n) is 6.01. The predicted octanol–water partition coefficient (Wildman–Crippen LogP) is 14.4. The largest absolute Gasteiger partial charge is 0.457 e. The maximum atomic E-state index is 12.2. The van der Waals surface area contributed by atoms with Gasteiger partial charge in [0.1, 0.15) is 6.10 Å². The summed E-state index contributed by atoms with van der Waals surface area (Å²) in [5.74, 6) is -0.218. The molecule has 1 N–H and O–H groups in total. The molecular formula is C47H84O4. The number of aliphatic hydroxyl groups excluding tert-OH is 1. The molecule has 4 heteroatoms. The molecule has 0 aliphatic carbocycles. The topological polar surface area (TPSA) is 55.8 Å². The van der Waals surface area contributed by atoms with E-state index in [0.717, 1.165) is 51.4 Å². The highest BCUT2D eigenvalue weighted by Crippen LogP contribution is 2.12. The molecule has 0 fully saturated rings. The first kappa shape index (κ1) is 49.1. The lowest BCUT2D eigenvalue weighted by Gasteiger charge is -2.15. The molecule has 0 spiro atoms. The Hall–Kier alpha value is -1.91. The number of allylic oxidation sites excluding steroid dienone is 10. The molecule has 1 atom stereocenters. The Labute approximate surface area is 317 Å². The van der Waals surface area contributed by atoms with Crippen LogP contribution in [0.1, 0.15) is 206 Å². The van der Waals surface area contributed by atoms with Crippen molar-refractivity contribution >= 4 is 5.97 Å². The van der Waals surface area contributed by atoms with Gasteiger partial charge >= 0.3 is 5.97 Å². The summed E-state index contributed by atoms with van der Waals surface area (Å²) >= 11 is 0. The monoisotopic (exact) mass is 713 g/mol. The van der Waals surface area contributed by atoms with Gasteiger partial charge in [-0.2, -0.15) is 0 Å². The molecule has 4 nitrogen and oxygen atoms in total. The summed E-state index contributed by atoms with van der Waals surface area (Å²) in [5, 5.41) is 9.60. The van der Waals surface area contributed by atoms with Gasteiger partial charge in [0.25, 0.3) is 0 Å². The van der Waals surface area contributed by atoms with E-state index in [0.29, 0.717) is 13.0 Å². The summed E-state index contributed by atoms with van der Waals surface area (Å²) in [4.78, 5) is 12.2. The normalized spacial score (nSPS) is 12.9. The van der Waals surface area contributed by atoms with Crippen LogP contribution >= 0.6 is 0 Å². The molecule has 0 heterocycles. The highest BCUT2D eigenvalue weighted by atomic mass is 16.6. The highest BCUT2D eigenvalue weighted by molar-refractivity contribution is 5.69. The number of unbranched alkanes of at least 4 members (excludes halogenated alkanes) is 22. The zero-order valence-corrected chi connectivity index (χ0v) is 33.9. The molecule has 51 heavy (non-hydrogen) atoms. The van der Waals surface area contributed by atoms with Crippen LogP contribution in [0.5, 0.6) is 0 Å². The summed E-state index contributed by atoms with van der Waals surface area (Å²) in [6.07, 6.45) is 58.5. The van der Waals surface area contributed by atoms with Crippen LogP contribution in [-0.4, -0.2) is 37.0 Å². The van der Waals surface area contributed by atoms with Crippen LogP contribution in [0.15, 0.2) is 60.8 Å². The molecule has 0 aromatic rings. The quantitative estimate of drug-likeness (QED) is 0.0390. The number of hydrogen-bond acceptors (Lipinski definition) is 4. The third-order valence-electron chi connectivity index (χ3n) is 9.32. The molecule has 0 aliphatic heterocycles. The molecule has 0 amide bonds. The van der Waals surface area contributed by atoms with E-state index >= 15 is 0 Å². The van der Waals surface area contributed by atoms with Gasteiger partial charge in [0.2, 0.25) is 0 Å². The predicted molar refractivity (Wildman–Crippen MR) is 223 cm³/mol. The Balaban J connectivity index is 3.47. The van der Waals surface area contributed by atoms with Crippen molar-refractivity contribution in [3.05, 3.63) is 60.8 Å². The number of ether oxygens (including phenoxy) is 2. The second kappa shape index (κ2) is 44.3. The highest BCUT2D eigenvalue weighted by Gasteiger charge is 2.13. The molecule has 296 valence electrons. The van der Waals surface area contributed by atoms with Crippen LogP contribution in [0, 0.1) is 0 Å². The average Bonchev–Trinajstić information content (AvgIpc) is 3.14. The minimum atomic E-state index is -0.546. The minimum Gasteiger partial charge on any atom is -0.457 e. The van der Waals surface area contributed by atoms with Crippen molar-refractivity contribution in [2.45, 2.75) is 213 Å². The number of carbonyl (C=O) groups is 1. The molecule has 0 saturated heterocycles. The van der Waals surface area contributed by atoms with E-state index in [-0.39, 0.29) is 19.2 Å². The molecule has 0 aromatic carbocycles. The lowest BCUT2D eigenvalue weighted by molar-refractivity contribution is -0.154. The first-order valence-corrected chi connectivity index (χ1v) is 21.9. The van der Waals surface area contributed by atoms with E-state index in [1.807, 2.05) is 0 Å². The lowest BCUT2D eigenvalue weighted by Crippen LogP contribution is -2.27. The molecular weight excluding hydrogens is 629 g/mol. The van der Waals surface area contributed by atoms with Crippen molar-refractivity contribution in [1.82, 2.24) is 0 Å². The summed E-state index contributed by atoms with van der Waals surface area (Å²) < 4.78 is 11.1. The van der Waals surface area contributed by atoms with E-state index in [1.165, 1.54) is 135 Å². The van der Waals surface area contributed by atoms with Crippen molar-refractivity contribution in [2.75, 3.05) is 19.8 Å². The second-order valence-corrected chi connectivity index (χ2v) is 14.4. The van der Waals surface area contributed by atoms with Gasteiger partial charge in [-0.05, 0) is 83.5 Å². The third kappa shape index (κ3) is 42.4. The van der Waals surface area contributed by atoms with Crippen LogP contribution in [0.2, 0.25) is 0 Å². The standard InChI is InChI=1S/C47H84O4/c1-3-5-7-9-11-13-15-17-19-20-21-22-23-24-25-26-27-29-31-33-35-37-39-41-43-50-45-46(44-48)51-47(49)42-40-38-36-34-32-30-28-18-16-14-12-10-8-6-4-2/h12,14-15,17-18,20-21,23-24,28,46,48H,3-11,13,16,19,22,25-27,29-45H2,1-2H3/b14-12-,17-15-,21-20-,24-23-,28-18-. The van der Waals surface area contributed by atoms with E-state index < -0.39 is 6.10 Å². The zero-order valence-electron chi connectivity index (χ0n) is 33.9. The van der Waals surface area contributed by atoms with Crippen LogP contribution in [0.4, 0.5) is 0 Å². The summed E-state index contributed by atoms with van der Waals surface area (Å²) in [5.41, 5.74) is 0. The number of rotatable bonds is 40. The fraction of sp³-hybridized carbons (Fsp3) is 0.766. The van der Waals surface area contributed by atoms with Crippen LogP contribution in [0.25, 0.3) is 0 Å².